The van der Waals surface area contributed by atoms with Crippen LogP contribution in [0.25, 0.3) is 0 Å². The van der Waals surface area contributed by atoms with Crippen molar-refractivity contribution in [1.82, 2.24) is 4.98 Å². The van der Waals surface area contributed by atoms with Crippen LogP contribution in [0.2, 0.25) is 5.02 Å². The van der Waals surface area contributed by atoms with Crippen molar-refractivity contribution < 1.29 is 4.39 Å². The van der Waals surface area contributed by atoms with E-state index in [0.29, 0.717) is 5.92 Å². The fourth-order valence-electron chi connectivity index (χ4n) is 1.62. The molecule has 0 fully saturated rings. The largest absolute Gasteiger partial charge is 0.338 e. The zero-order valence-electron chi connectivity index (χ0n) is 10.2. The van der Waals surface area contributed by atoms with Crippen molar-refractivity contribution in [3.05, 3.63) is 52.9 Å². The van der Waals surface area contributed by atoms with E-state index in [9.17, 15) is 4.39 Å². The molecule has 0 aliphatic rings. The van der Waals surface area contributed by atoms with E-state index < -0.39 is 5.82 Å². The van der Waals surface area contributed by atoms with Crippen LogP contribution >= 0.6 is 11.6 Å². The van der Waals surface area contributed by atoms with Gasteiger partial charge in [0.05, 0.1) is 5.02 Å². The van der Waals surface area contributed by atoms with Gasteiger partial charge in [0.25, 0.3) is 0 Å². The Labute approximate surface area is 111 Å². The van der Waals surface area contributed by atoms with Gasteiger partial charge in [-0.1, -0.05) is 37.6 Å². The first-order valence-corrected chi connectivity index (χ1v) is 6.12. The highest BCUT2D eigenvalue weighted by Crippen LogP contribution is 2.23. The van der Waals surface area contributed by atoms with Gasteiger partial charge >= 0.3 is 0 Å². The minimum absolute atomic E-state index is 0.181. The molecular formula is C14H14ClFN2. The number of nitrogens with one attached hydrogen (secondary N) is 1. The molecule has 1 aromatic heterocycles. The van der Waals surface area contributed by atoms with Gasteiger partial charge in [-0.05, 0) is 29.7 Å². The molecule has 2 nitrogen and oxygen atoms in total. The number of nitrogens with zero attached hydrogens (tertiary/aromatic N) is 1. The first-order chi connectivity index (χ1) is 8.56. The number of anilines is 2. The molecule has 1 N–H and O–H groups in total. The van der Waals surface area contributed by atoms with Crippen molar-refractivity contribution in [2.24, 2.45) is 0 Å². The molecule has 1 heterocycles. The third-order valence-electron chi connectivity index (χ3n) is 2.62. The molecule has 0 bridgehead atoms. The summed E-state index contributed by atoms with van der Waals surface area (Å²) in [6.45, 7) is 4.22. The summed E-state index contributed by atoms with van der Waals surface area (Å²) in [5, 5.41) is 3.24. The summed E-state index contributed by atoms with van der Waals surface area (Å²) in [6.07, 6.45) is 1.42. The molecule has 0 amide bonds. The molecule has 18 heavy (non-hydrogen) atoms. The van der Waals surface area contributed by atoms with E-state index in [1.807, 2.05) is 24.3 Å². The highest BCUT2D eigenvalue weighted by atomic mass is 35.5. The predicted octanol–water partition coefficient (Wildman–Crippen LogP) is 4.74. The van der Waals surface area contributed by atoms with Crippen LogP contribution in [0, 0.1) is 5.82 Å². The highest BCUT2D eigenvalue weighted by Gasteiger charge is 2.06. The fourth-order valence-corrected chi connectivity index (χ4v) is 1.76. The molecule has 0 spiro atoms. The summed E-state index contributed by atoms with van der Waals surface area (Å²) in [7, 11) is 0. The molecule has 0 radical (unpaired) electrons. The van der Waals surface area contributed by atoms with Crippen LogP contribution in [-0.2, 0) is 0 Å². The first kappa shape index (κ1) is 12.8. The van der Waals surface area contributed by atoms with Crippen LogP contribution in [0.15, 0.2) is 36.5 Å². The van der Waals surface area contributed by atoms with Crippen molar-refractivity contribution >= 4 is 23.1 Å². The number of hydrogen-bond acceptors (Lipinski definition) is 2. The Morgan fingerprint density at radius 1 is 1.28 bits per heavy atom. The summed E-state index contributed by atoms with van der Waals surface area (Å²) in [5.74, 6) is 0.146. The number of rotatable bonds is 3. The lowest BCUT2D eigenvalue weighted by Gasteiger charge is -2.10. The fraction of sp³-hybridized carbons (Fsp3) is 0.214. The lowest BCUT2D eigenvalue weighted by atomic mass is 10.0. The quantitative estimate of drug-likeness (QED) is 0.866. The van der Waals surface area contributed by atoms with Gasteiger partial charge in [-0.3, -0.25) is 0 Å². The SMILES string of the molecule is CC(C)c1cccc(Nc2ncc(Cl)cc2F)c1. The minimum Gasteiger partial charge on any atom is -0.338 e. The molecular weight excluding hydrogens is 251 g/mol. The highest BCUT2D eigenvalue weighted by molar-refractivity contribution is 6.30. The monoisotopic (exact) mass is 264 g/mol. The van der Waals surface area contributed by atoms with Crippen molar-refractivity contribution in [2.45, 2.75) is 19.8 Å². The van der Waals surface area contributed by atoms with Crippen molar-refractivity contribution in [3.8, 4) is 0 Å². The first-order valence-electron chi connectivity index (χ1n) is 5.74. The van der Waals surface area contributed by atoms with E-state index in [0.717, 1.165) is 5.69 Å². The third kappa shape index (κ3) is 2.99. The standard InChI is InChI=1S/C14H14ClFN2/c1-9(2)10-4-3-5-12(6-10)18-14-13(16)7-11(15)8-17-14/h3-9H,1-2H3,(H,17,18). The molecule has 0 aliphatic carbocycles. The summed E-state index contributed by atoms with van der Waals surface area (Å²) < 4.78 is 13.6. The van der Waals surface area contributed by atoms with E-state index in [2.05, 4.69) is 24.1 Å². The molecule has 2 rings (SSSR count). The van der Waals surface area contributed by atoms with Crippen LogP contribution in [0.5, 0.6) is 0 Å². The average Bonchev–Trinajstić information content (AvgIpc) is 2.33. The van der Waals surface area contributed by atoms with Crippen molar-refractivity contribution in [1.29, 1.82) is 0 Å². The lowest BCUT2D eigenvalue weighted by molar-refractivity contribution is 0.626. The van der Waals surface area contributed by atoms with Crippen molar-refractivity contribution in [2.75, 3.05) is 5.32 Å². The van der Waals surface area contributed by atoms with Gasteiger partial charge in [0, 0.05) is 11.9 Å². The lowest BCUT2D eigenvalue weighted by Crippen LogP contribution is -1.98. The Morgan fingerprint density at radius 3 is 2.72 bits per heavy atom. The number of benzene rings is 1. The molecule has 0 atom stereocenters. The molecule has 0 unspecified atom stereocenters. The van der Waals surface area contributed by atoms with Gasteiger partial charge in [0.1, 0.15) is 0 Å². The van der Waals surface area contributed by atoms with Gasteiger partial charge < -0.3 is 5.32 Å². The van der Waals surface area contributed by atoms with Crippen LogP contribution in [0.4, 0.5) is 15.9 Å². The average molecular weight is 265 g/mol. The Hall–Kier alpha value is -1.61. The third-order valence-corrected chi connectivity index (χ3v) is 2.83. The summed E-state index contributed by atoms with van der Waals surface area (Å²) in [4.78, 5) is 3.93. The number of halogens is 2. The number of pyridine rings is 1. The molecule has 1 aromatic carbocycles. The smallest absolute Gasteiger partial charge is 0.167 e. The van der Waals surface area contributed by atoms with E-state index >= 15 is 0 Å². The zero-order valence-corrected chi connectivity index (χ0v) is 11.0. The second kappa shape index (κ2) is 5.36. The topological polar surface area (TPSA) is 24.9 Å². The second-order valence-electron chi connectivity index (χ2n) is 4.39. The molecule has 0 saturated carbocycles. The van der Waals surface area contributed by atoms with Crippen LogP contribution in [-0.4, -0.2) is 4.98 Å². The maximum Gasteiger partial charge on any atom is 0.167 e. The van der Waals surface area contributed by atoms with E-state index in [4.69, 9.17) is 11.6 Å². The van der Waals surface area contributed by atoms with Gasteiger partial charge in [-0.2, -0.15) is 0 Å². The Kier molecular flexibility index (Phi) is 3.82. The van der Waals surface area contributed by atoms with Crippen LogP contribution < -0.4 is 5.32 Å². The van der Waals surface area contributed by atoms with E-state index in [1.54, 1.807) is 0 Å². The maximum atomic E-state index is 13.6. The Morgan fingerprint density at radius 2 is 2.06 bits per heavy atom. The minimum atomic E-state index is -0.461. The number of aromatic nitrogens is 1. The molecule has 2 aromatic rings. The van der Waals surface area contributed by atoms with Crippen molar-refractivity contribution in [3.63, 3.8) is 0 Å². The molecule has 0 aliphatic heterocycles. The van der Waals surface area contributed by atoms with Gasteiger partial charge in [0.15, 0.2) is 11.6 Å². The molecule has 94 valence electrons. The van der Waals surface area contributed by atoms with E-state index in [-0.39, 0.29) is 10.8 Å². The van der Waals surface area contributed by atoms with Crippen LogP contribution in [0.3, 0.4) is 0 Å². The number of hydrogen-bond donors (Lipinski definition) is 1. The summed E-state index contributed by atoms with van der Waals surface area (Å²) >= 11 is 5.66. The zero-order chi connectivity index (χ0) is 13.1. The van der Waals surface area contributed by atoms with Crippen LogP contribution in [0.1, 0.15) is 25.3 Å². The Bertz CT molecular complexity index is 555. The van der Waals surface area contributed by atoms with Gasteiger partial charge in [-0.25, -0.2) is 9.37 Å². The normalized spacial score (nSPS) is 10.7. The predicted molar refractivity (Wildman–Crippen MR) is 73.0 cm³/mol. The van der Waals surface area contributed by atoms with E-state index in [1.165, 1.54) is 17.8 Å². The van der Waals surface area contributed by atoms with Gasteiger partial charge in [-0.15, -0.1) is 0 Å². The van der Waals surface area contributed by atoms with Gasteiger partial charge in [0.2, 0.25) is 0 Å². The molecule has 0 saturated heterocycles. The Balaban J connectivity index is 2.25. The summed E-state index contributed by atoms with van der Waals surface area (Å²) in [5.41, 5.74) is 2.00. The second-order valence-corrected chi connectivity index (χ2v) is 4.83. The molecule has 4 heteroatoms. The summed E-state index contributed by atoms with van der Waals surface area (Å²) in [6, 6.07) is 9.08. The maximum absolute atomic E-state index is 13.6.